The average Bonchev–Trinajstić information content (AvgIpc) is 2.18. The zero-order valence-electron chi connectivity index (χ0n) is 9.32. The molecule has 0 radical (unpaired) electrons. The SMILES string of the molecule is CC(=O)Nc1ccc(NC(=O)CC(N)=S)cc1. The monoisotopic (exact) mass is 251 g/mol. The fourth-order valence-electron chi connectivity index (χ4n) is 1.20. The van der Waals surface area contributed by atoms with Crippen molar-refractivity contribution < 1.29 is 9.59 Å². The van der Waals surface area contributed by atoms with Crippen molar-refractivity contribution in [3.63, 3.8) is 0 Å². The number of benzene rings is 1. The largest absolute Gasteiger partial charge is 0.393 e. The number of nitrogens with one attached hydrogen (secondary N) is 2. The van der Waals surface area contributed by atoms with E-state index in [9.17, 15) is 9.59 Å². The topological polar surface area (TPSA) is 84.2 Å². The maximum atomic E-state index is 11.3. The second-order valence-electron chi connectivity index (χ2n) is 3.45. The average molecular weight is 251 g/mol. The Balaban J connectivity index is 2.59. The second kappa shape index (κ2) is 5.95. The van der Waals surface area contributed by atoms with Crippen molar-refractivity contribution >= 4 is 40.4 Å². The second-order valence-corrected chi connectivity index (χ2v) is 3.97. The molecule has 4 N–H and O–H groups in total. The zero-order chi connectivity index (χ0) is 12.8. The van der Waals surface area contributed by atoms with E-state index in [1.165, 1.54) is 6.92 Å². The Morgan fingerprint density at radius 1 is 1.18 bits per heavy atom. The van der Waals surface area contributed by atoms with Crippen LogP contribution >= 0.6 is 12.2 Å². The summed E-state index contributed by atoms with van der Waals surface area (Å²) in [5.41, 5.74) is 6.55. The Morgan fingerprint density at radius 3 is 2.06 bits per heavy atom. The Labute approximate surface area is 104 Å². The molecule has 0 aliphatic carbocycles. The summed E-state index contributed by atoms with van der Waals surface area (Å²) in [6.45, 7) is 1.43. The molecule has 0 unspecified atom stereocenters. The summed E-state index contributed by atoms with van der Waals surface area (Å²) in [5, 5.41) is 5.26. The van der Waals surface area contributed by atoms with Gasteiger partial charge in [-0.25, -0.2) is 0 Å². The van der Waals surface area contributed by atoms with Gasteiger partial charge in [0, 0.05) is 18.3 Å². The van der Waals surface area contributed by atoms with Gasteiger partial charge in [0.15, 0.2) is 0 Å². The molecule has 0 saturated heterocycles. The van der Waals surface area contributed by atoms with E-state index in [4.69, 9.17) is 5.73 Å². The predicted octanol–water partition coefficient (Wildman–Crippen LogP) is 1.26. The van der Waals surface area contributed by atoms with E-state index in [0.29, 0.717) is 11.4 Å². The minimum atomic E-state index is -0.259. The number of hydrogen-bond acceptors (Lipinski definition) is 3. The maximum absolute atomic E-state index is 11.3. The summed E-state index contributed by atoms with van der Waals surface area (Å²) in [6, 6.07) is 6.75. The summed E-state index contributed by atoms with van der Waals surface area (Å²) in [7, 11) is 0. The van der Waals surface area contributed by atoms with Crippen LogP contribution in [0.3, 0.4) is 0 Å². The molecule has 0 spiro atoms. The quantitative estimate of drug-likeness (QED) is 0.703. The van der Waals surface area contributed by atoms with Crippen LogP contribution in [0.2, 0.25) is 0 Å². The van der Waals surface area contributed by atoms with E-state index in [0.717, 1.165) is 0 Å². The first-order chi connectivity index (χ1) is 7.97. The van der Waals surface area contributed by atoms with Crippen LogP contribution in [-0.4, -0.2) is 16.8 Å². The lowest BCUT2D eigenvalue weighted by Crippen LogP contribution is -2.20. The van der Waals surface area contributed by atoms with E-state index in [1.54, 1.807) is 24.3 Å². The highest BCUT2D eigenvalue weighted by atomic mass is 32.1. The zero-order valence-corrected chi connectivity index (χ0v) is 10.1. The van der Waals surface area contributed by atoms with Crippen LogP contribution in [0.15, 0.2) is 24.3 Å². The van der Waals surface area contributed by atoms with E-state index in [1.807, 2.05) is 0 Å². The van der Waals surface area contributed by atoms with Gasteiger partial charge in [-0.3, -0.25) is 9.59 Å². The van der Waals surface area contributed by atoms with Crippen LogP contribution in [-0.2, 0) is 9.59 Å². The molecule has 90 valence electrons. The van der Waals surface area contributed by atoms with Crippen molar-refractivity contribution in [1.82, 2.24) is 0 Å². The van der Waals surface area contributed by atoms with E-state index < -0.39 is 0 Å². The maximum Gasteiger partial charge on any atom is 0.231 e. The van der Waals surface area contributed by atoms with Gasteiger partial charge in [0.05, 0.1) is 11.4 Å². The molecule has 1 aromatic rings. The molecule has 2 amide bonds. The highest BCUT2D eigenvalue weighted by Crippen LogP contribution is 2.13. The van der Waals surface area contributed by atoms with Crippen molar-refractivity contribution in [3.8, 4) is 0 Å². The Kier molecular flexibility index (Phi) is 4.59. The molecule has 0 aromatic heterocycles. The lowest BCUT2D eigenvalue weighted by molar-refractivity contribution is -0.115. The van der Waals surface area contributed by atoms with Gasteiger partial charge in [-0.2, -0.15) is 0 Å². The number of carbonyl (C=O) groups is 2. The molecule has 1 rings (SSSR count). The summed E-state index contributed by atoms with van der Waals surface area (Å²) >= 11 is 4.63. The predicted molar refractivity (Wildman–Crippen MR) is 70.8 cm³/mol. The van der Waals surface area contributed by atoms with Crippen LogP contribution in [0.5, 0.6) is 0 Å². The van der Waals surface area contributed by atoms with Gasteiger partial charge in [-0.05, 0) is 24.3 Å². The Bertz CT molecular complexity index is 443. The fraction of sp³-hybridized carbons (Fsp3) is 0.182. The summed E-state index contributed by atoms with van der Waals surface area (Å²) in [6.07, 6.45) is 0.0166. The number of anilines is 2. The van der Waals surface area contributed by atoms with Crippen molar-refractivity contribution in [2.24, 2.45) is 5.73 Å². The molecular weight excluding hydrogens is 238 g/mol. The third-order valence-corrected chi connectivity index (χ3v) is 1.97. The van der Waals surface area contributed by atoms with Gasteiger partial charge in [0.2, 0.25) is 11.8 Å². The van der Waals surface area contributed by atoms with Gasteiger partial charge >= 0.3 is 0 Å². The van der Waals surface area contributed by atoms with Crippen LogP contribution < -0.4 is 16.4 Å². The Hall–Kier alpha value is -1.95. The minimum absolute atomic E-state index is 0.0166. The summed E-state index contributed by atoms with van der Waals surface area (Å²) < 4.78 is 0. The molecule has 0 aliphatic rings. The minimum Gasteiger partial charge on any atom is -0.393 e. The first kappa shape index (κ1) is 13.1. The fourth-order valence-corrected chi connectivity index (χ4v) is 1.33. The summed E-state index contributed by atoms with van der Waals surface area (Å²) in [4.78, 5) is 22.3. The number of rotatable bonds is 4. The van der Waals surface area contributed by atoms with Crippen molar-refractivity contribution in [2.45, 2.75) is 13.3 Å². The molecule has 0 bridgehead atoms. The van der Waals surface area contributed by atoms with Gasteiger partial charge < -0.3 is 16.4 Å². The van der Waals surface area contributed by atoms with Crippen molar-refractivity contribution in [2.75, 3.05) is 10.6 Å². The van der Waals surface area contributed by atoms with Gasteiger partial charge in [-0.15, -0.1) is 0 Å². The highest BCUT2D eigenvalue weighted by molar-refractivity contribution is 7.80. The smallest absolute Gasteiger partial charge is 0.231 e. The number of hydrogen-bond donors (Lipinski definition) is 3. The van der Waals surface area contributed by atoms with Crippen LogP contribution in [0.4, 0.5) is 11.4 Å². The molecule has 0 heterocycles. The standard InChI is InChI=1S/C11H13N3O2S/c1-7(15)13-8-2-4-9(5-3-8)14-11(16)6-10(12)17/h2-5H,6H2,1H3,(H2,12,17)(H,13,15)(H,14,16). The molecule has 1 aromatic carbocycles. The van der Waals surface area contributed by atoms with Gasteiger partial charge in [0.1, 0.15) is 0 Å². The molecule has 0 aliphatic heterocycles. The van der Waals surface area contributed by atoms with E-state index in [2.05, 4.69) is 22.9 Å². The van der Waals surface area contributed by atoms with Crippen LogP contribution in [0, 0.1) is 0 Å². The van der Waals surface area contributed by atoms with Gasteiger partial charge in [-0.1, -0.05) is 12.2 Å². The van der Waals surface area contributed by atoms with Crippen LogP contribution in [0.25, 0.3) is 0 Å². The molecular formula is C11H13N3O2S. The molecule has 6 heteroatoms. The third-order valence-electron chi connectivity index (χ3n) is 1.82. The first-order valence-electron chi connectivity index (χ1n) is 4.93. The number of nitrogens with two attached hydrogens (primary N) is 1. The summed E-state index contributed by atoms with van der Waals surface area (Å²) in [5.74, 6) is -0.403. The highest BCUT2D eigenvalue weighted by Gasteiger charge is 2.03. The molecule has 0 atom stereocenters. The van der Waals surface area contributed by atoms with E-state index >= 15 is 0 Å². The Morgan fingerprint density at radius 2 is 1.65 bits per heavy atom. The van der Waals surface area contributed by atoms with E-state index in [-0.39, 0.29) is 23.2 Å². The van der Waals surface area contributed by atoms with Crippen LogP contribution in [0.1, 0.15) is 13.3 Å². The van der Waals surface area contributed by atoms with Crippen molar-refractivity contribution in [1.29, 1.82) is 0 Å². The number of amides is 2. The first-order valence-corrected chi connectivity index (χ1v) is 5.34. The van der Waals surface area contributed by atoms with Gasteiger partial charge in [0.25, 0.3) is 0 Å². The molecule has 0 saturated carbocycles. The van der Waals surface area contributed by atoms with Crippen molar-refractivity contribution in [3.05, 3.63) is 24.3 Å². The lowest BCUT2D eigenvalue weighted by Gasteiger charge is -2.06. The normalized spacial score (nSPS) is 9.47. The lowest BCUT2D eigenvalue weighted by atomic mass is 10.2. The molecule has 17 heavy (non-hydrogen) atoms. The third kappa shape index (κ3) is 5.07. The molecule has 5 nitrogen and oxygen atoms in total. The molecule has 0 fully saturated rings. The number of carbonyl (C=O) groups excluding carboxylic acids is 2. The number of thiocarbonyl (C=S) groups is 1.